The Hall–Kier alpha value is -2.42. The maximum Gasteiger partial charge on any atom is 0.241 e. The van der Waals surface area contributed by atoms with Crippen molar-refractivity contribution in [3.05, 3.63) is 59.2 Å². The van der Waals surface area contributed by atoms with Crippen LogP contribution in [0, 0.1) is 0 Å². The van der Waals surface area contributed by atoms with E-state index in [0.717, 1.165) is 61.6 Å². The highest BCUT2D eigenvalue weighted by Crippen LogP contribution is 2.41. The van der Waals surface area contributed by atoms with Crippen molar-refractivity contribution in [2.75, 3.05) is 54.2 Å². The second-order valence-corrected chi connectivity index (χ2v) is 11.9. The minimum Gasteiger partial charge on any atom is -0.308 e. The second-order valence-electron chi connectivity index (χ2n) is 9.69. The average molecular weight is 483 g/mol. The zero-order chi connectivity index (χ0) is 23.9. The molecule has 3 aliphatic rings. The van der Waals surface area contributed by atoms with Crippen LogP contribution < -0.4 is 9.21 Å². The molecule has 0 spiro atoms. The van der Waals surface area contributed by atoms with Crippen molar-refractivity contribution < 1.29 is 13.2 Å². The zero-order valence-electron chi connectivity index (χ0n) is 20.1. The third-order valence-corrected chi connectivity index (χ3v) is 9.17. The molecule has 1 atom stereocenters. The maximum atomic E-state index is 13.4. The highest BCUT2D eigenvalue weighted by molar-refractivity contribution is 7.92. The van der Waals surface area contributed by atoms with Gasteiger partial charge in [0.25, 0.3) is 0 Å². The molecule has 34 heavy (non-hydrogen) atoms. The second kappa shape index (κ2) is 9.32. The lowest BCUT2D eigenvalue weighted by molar-refractivity contribution is -0.120. The van der Waals surface area contributed by atoms with E-state index in [1.807, 2.05) is 17.0 Å². The Bertz CT molecular complexity index is 1160. The molecule has 0 radical (unpaired) electrons. The lowest BCUT2D eigenvalue weighted by Crippen LogP contribution is -2.50. The highest BCUT2D eigenvalue weighted by atomic mass is 32.2. The van der Waals surface area contributed by atoms with E-state index in [2.05, 4.69) is 47.1 Å². The molecule has 3 aliphatic heterocycles. The molecule has 8 heteroatoms. The van der Waals surface area contributed by atoms with E-state index in [4.69, 9.17) is 0 Å². The summed E-state index contributed by atoms with van der Waals surface area (Å²) in [4.78, 5) is 20.1. The summed E-state index contributed by atoms with van der Waals surface area (Å²) in [6, 6.07) is 14.7. The van der Waals surface area contributed by atoms with E-state index in [-0.39, 0.29) is 17.7 Å². The number of rotatable bonds is 6. The zero-order valence-corrected chi connectivity index (χ0v) is 20.9. The summed E-state index contributed by atoms with van der Waals surface area (Å²) in [6.07, 6.45) is 1.46. The lowest BCUT2D eigenvalue weighted by Gasteiger charge is -2.35. The van der Waals surface area contributed by atoms with Crippen LogP contribution in [0.5, 0.6) is 0 Å². The van der Waals surface area contributed by atoms with E-state index in [9.17, 15) is 13.2 Å². The molecule has 1 saturated heterocycles. The van der Waals surface area contributed by atoms with E-state index in [1.54, 1.807) is 11.2 Å². The average Bonchev–Trinajstić information content (AvgIpc) is 3.39. The smallest absolute Gasteiger partial charge is 0.241 e. The normalized spacial score (nSPS) is 21.1. The van der Waals surface area contributed by atoms with Crippen molar-refractivity contribution in [3.8, 4) is 0 Å². The monoisotopic (exact) mass is 482 g/mol. The van der Waals surface area contributed by atoms with Crippen LogP contribution >= 0.6 is 0 Å². The van der Waals surface area contributed by atoms with Gasteiger partial charge in [-0.25, -0.2) is 8.42 Å². The Morgan fingerprint density at radius 1 is 0.941 bits per heavy atom. The molecule has 2 aromatic rings. The number of anilines is 2. The van der Waals surface area contributed by atoms with Gasteiger partial charge in [-0.1, -0.05) is 30.3 Å². The molecule has 1 unspecified atom stereocenters. The molecule has 1 fully saturated rings. The van der Waals surface area contributed by atoms with Crippen molar-refractivity contribution in [1.82, 2.24) is 9.80 Å². The fourth-order valence-corrected chi connectivity index (χ4v) is 6.66. The first kappa shape index (κ1) is 23.3. The minimum atomic E-state index is -3.27. The number of fused-ring (bicyclic) bond motifs is 2. The van der Waals surface area contributed by atoms with Gasteiger partial charge in [0, 0.05) is 51.0 Å². The number of benzene rings is 2. The summed E-state index contributed by atoms with van der Waals surface area (Å²) in [5.41, 5.74) is 5.20. The molecule has 0 N–H and O–H groups in total. The van der Waals surface area contributed by atoms with Crippen LogP contribution in [-0.2, 0) is 34.2 Å². The Kier molecular flexibility index (Phi) is 6.39. The van der Waals surface area contributed by atoms with E-state index >= 15 is 0 Å². The number of amides is 1. The van der Waals surface area contributed by atoms with Crippen molar-refractivity contribution in [1.29, 1.82) is 0 Å². The molecule has 1 amide bonds. The van der Waals surface area contributed by atoms with Gasteiger partial charge in [0.2, 0.25) is 15.9 Å². The molecule has 5 rings (SSSR count). The molecule has 0 aliphatic carbocycles. The number of hydrogen-bond donors (Lipinski definition) is 0. The summed E-state index contributed by atoms with van der Waals surface area (Å²) in [5, 5.41) is 0. The molecule has 2 aromatic carbocycles. The Balaban J connectivity index is 1.24. The van der Waals surface area contributed by atoms with Gasteiger partial charge in [0.15, 0.2) is 0 Å². The van der Waals surface area contributed by atoms with Crippen molar-refractivity contribution in [3.63, 3.8) is 0 Å². The Labute approximate surface area is 203 Å². The fourth-order valence-electron chi connectivity index (χ4n) is 5.51. The fraction of sp³-hybridized carbons (Fsp3) is 0.500. The first-order chi connectivity index (χ1) is 16.4. The Morgan fingerprint density at radius 2 is 1.62 bits per heavy atom. The number of carbonyl (C=O) groups is 1. The number of sulfonamides is 1. The van der Waals surface area contributed by atoms with Crippen LogP contribution in [0.4, 0.5) is 11.4 Å². The van der Waals surface area contributed by atoms with Crippen LogP contribution in [0.1, 0.15) is 30.5 Å². The topological polar surface area (TPSA) is 64.2 Å². The molecular formula is C26H34N4O3S. The summed E-state index contributed by atoms with van der Waals surface area (Å²) >= 11 is 0. The number of nitrogens with zero attached hydrogens (tertiary/aromatic N) is 4. The predicted octanol–water partition coefficient (Wildman–Crippen LogP) is 2.49. The van der Waals surface area contributed by atoms with Crippen molar-refractivity contribution in [2.45, 2.75) is 39.3 Å². The van der Waals surface area contributed by atoms with Gasteiger partial charge in [-0.05, 0) is 55.5 Å². The number of piperazine rings is 1. The predicted molar refractivity (Wildman–Crippen MR) is 136 cm³/mol. The molecule has 0 saturated carbocycles. The first-order valence-corrected chi connectivity index (χ1v) is 13.9. The standard InChI is InChI=1S/C26H34N4O3S/c1-3-34(32,33)29-10-9-22-16-25-23(17-24(22)29)15-20(2)30(25)26(31)19-28-13-11-27(12-14-28)18-21-7-5-4-6-8-21/h4-8,16-17,20H,3,9-15,18-19H2,1-2H3. The van der Waals surface area contributed by atoms with Crippen LogP contribution in [0.2, 0.25) is 0 Å². The van der Waals surface area contributed by atoms with Crippen LogP contribution in [0.15, 0.2) is 42.5 Å². The summed E-state index contributed by atoms with van der Waals surface area (Å²) in [5.74, 6) is 0.238. The quantitative estimate of drug-likeness (QED) is 0.633. The summed E-state index contributed by atoms with van der Waals surface area (Å²) in [7, 11) is -3.27. The van der Waals surface area contributed by atoms with Crippen molar-refractivity contribution in [2.24, 2.45) is 0 Å². The number of carbonyl (C=O) groups excluding carboxylic acids is 1. The van der Waals surface area contributed by atoms with Gasteiger partial charge in [0.1, 0.15) is 0 Å². The summed E-state index contributed by atoms with van der Waals surface area (Å²) < 4.78 is 26.5. The molecule has 3 heterocycles. The van der Waals surface area contributed by atoms with E-state index < -0.39 is 10.0 Å². The maximum absolute atomic E-state index is 13.4. The van der Waals surface area contributed by atoms with Gasteiger partial charge in [-0.2, -0.15) is 0 Å². The molecule has 0 aromatic heterocycles. The van der Waals surface area contributed by atoms with E-state index in [0.29, 0.717) is 19.5 Å². The largest absolute Gasteiger partial charge is 0.308 e. The molecular weight excluding hydrogens is 448 g/mol. The molecule has 0 bridgehead atoms. The van der Waals surface area contributed by atoms with Gasteiger partial charge >= 0.3 is 0 Å². The summed E-state index contributed by atoms with van der Waals surface area (Å²) in [6.45, 7) is 9.35. The van der Waals surface area contributed by atoms with Crippen LogP contribution in [0.3, 0.4) is 0 Å². The van der Waals surface area contributed by atoms with Gasteiger partial charge in [-0.15, -0.1) is 0 Å². The highest BCUT2D eigenvalue weighted by Gasteiger charge is 2.36. The van der Waals surface area contributed by atoms with Gasteiger partial charge in [0.05, 0.1) is 18.0 Å². The Morgan fingerprint density at radius 3 is 2.32 bits per heavy atom. The third-order valence-electron chi connectivity index (χ3n) is 7.39. The SMILES string of the molecule is CCS(=O)(=O)N1CCc2cc3c(cc21)CC(C)N3C(=O)CN1CCN(Cc2ccccc2)CC1. The van der Waals surface area contributed by atoms with Gasteiger partial charge in [-0.3, -0.25) is 18.9 Å². The minimum absolute atomic E-state index is 0.0839. The van der Waals surface area contributed by atoms with E-state index in [1.165, 1.54) is 5.56 Å². The first-order valence-electron chi connectivity index (χ1n) is 12.3. The molecule has 182 valence electrons. The number of hydrogen-bond acceptors (Lipinski definition) is 5. The third kappa shape index (κ3) is 4.46. The van der Waals surface area contributed by atoms with Crippen LogP contribution in [-0.4, -0.2) is 75.2 Å². The molecule has 7 nitrogen and oxygen atoms in total. The lowest BCUT2D eigenvalue weighted by atomic mass is 10.1. The van der Waals surface area contributed by atoms with Crippen molar-refractivity contribution >= 4 is 27.3 Å². The van der Waals surface area contributed by atoms with Gasteiger partial charge < -0.3 is 4.90 Å². The van der Waals surface area contributed by atoms with Crippen LogP contribution in [0.25, 0.3) is 0 Å².